The zero-order valence-electron chi connectivity index (χ0n) is 10.4. The van der Waals surface area contributed by atoms with Crippen molar-refractivity contribution in [1.29, 1.82) is 0 Å². The van der Waals surface area contributed by atoms with Gasteiger partial charge in [0.05, 0.1) is 6.04 Å². The minimum atomic E-state index is 0.0466. The molecular weight excluding hydrogens is 220 g/mol. The molecule has 0 saturated heterocycles. The summed E-state index contributed by atoms with van der Waals surface area (Å²) >= 11 is 1.69. The van der Waals surface area contributed by atoms with Crippen LogP contribution in [-0.2, 0) is 4.79 Å². The second kappa shape index (κ2) is 6.01. The number of nitrogens with one attached hydrogen (secondary N) is 1. The monoisotopic (exact) mass is 240 g/mol. The van der Waals surface area contributed by atoms with Crippen molar-refractivity contribution in [2.45, 2.75) is 19.9 Å². The SMILES string of the molecule is CC(C)C(=O)NC[C@@H](c1ccsc1)N(C)C. The first-order valence-corrected chi connectivity index (χ1v) is 6.43. The predicted octanol–water partition coefficient (Wildman–Crippen LogP) is 2.12. The second-order valence-corrected chi connectivity index (χ2v) is 5.22. The van der Waals surface area contributed by atoms with Crippen molar-refractivity contribution >= 4 is 17.2 Å². The van der Waals surface area contributed by atoms with Gasteiger partial charge in [0.1, 0.15) is 0 Å². The maximum Gasteiger partial charge on any atom is 0.222 e. The van der Waals surface area contributed by atoms with Crippen LogP contribution < -0.4 is 5.32 Å². The Bertz CT molecular complexity index is 320. The molecule has 3 nitrogen and oxygen atoms in total. The van der Waals surface area contributed by atoms with Gasteiger partial charge in [-0.15, -0.1) is 0 Å². The number of thiophene rings is 1. The molecule has 0 radical (unpaired) electrons. The van der Waals surface area contributed by atoms with E-state index < -0.39 is 0 Å². The van der Waals surface area contributed by atoms with Gasteiger partial charge in [-0.2, -0.15) is 11.3 Å². The van der Waals surface area contributed by atoms with Gasteiger partial charge in [0, 0.05) is 12.5 Å². The molecule has 0 aliphatic carbocycles. The molecule has 1 atom stereocenters. The number of nitrogens with zero attached hydrogens (tertiary/aromatic N) is 1. The normalized spacial score (nSPS) is 13.1. The molecule has 4 heteroatoms. The van der Waals surface area contributed by atoms with Crippen LogP contribution in [0.3, 0.4) is 0 Å². The molecule has 0 saturated carbocycles. The maximum absolute atomic E-state index is 11.5. The van der Waals surface area contributed by atoms with Gasteiger partial charge >= 0.3 is 0 Å². The molecule has 1 heterocycles. The van der Waals surface area contributed by atoms with Crippen LogP contribution in [-0.4, -0.2) is 31.4 Å². The quantitative estimate of drug-likeness (QED) is 0.855. The Morgan fingerprint density at radius 3 is 2.62 bits per heavy atom. The molecule has 0 aliphatic rings. The smallest absolute Gasteiger partial charge is 0.222 e. The van der Waals surface area contributed by atoms with Crippen LogP contribution in [0.2, 0.25) is 0 Å². The van der Waals surface area contributed by atoms with Crippen LogP contribution >= 0.6 is 11.3 Å². The van der Waals surface area contributed by atoms with Crippen molar-refractivity contribution in [2.24, 2.45) is 5.92 Å². The van der Waals surface area contributed by atoms with Crippen molar-refractivity contribution in [3.05, 3.63) is 22.4 Å². The minimum absolute atomic E-state index is 0.0466. The number of likely N-dealkylation sites (N-methyl/N-ethyl adjacent to an activating group) is 1. The van der Waals surface area contributed by atoms with Crippen molar-refractivity contribution in [1.82, 2.24) is 10.2 Å². The topological polar surface area (TPSA) is 32.3 Å². The van der Waals surface area contributed by atoms with E-state index in [1.165, 1.54) is 5.56 Å². The summed E-state index contributed by atoms with van der Waals surface area (Å²) in [6.45, 7) is 4.48. The largest absolute Gasteiger partial charge is 0.354 e. The molecule has 1 aromatic rings. The summed E-state index contributed by atoms with van der Waals surface area (Å²) in [7, 11) is 4.06. The summed E-state index contributed by atoms with van der Waals surface area (Å²) in [6, 6.07) is 2.37. The molecular formula is C12H20N2OS. The lowest BCUT2D eigenvalue weighted by Crippen LogP contribution is -2.36. The van der Waals surface area contributed by atoms with E-state index in [1.54, 1.807) is 11.3 Å². The number of carbonyl (C=O) groups is 1. The zero-order valence-corrected chi connectivity index (χ0v) is 11.2. The Morgan fingerprint density at radius 2 is 2.19 bits per heavy atom. The molecule has 1 N–H and O–H groups in total. The summed E-state index contributed by atoms with van der Waals surface area (Å²) in [4.78, 5) is 13.6. The second-order valence-electron chi connectivity index (χ2n) is 4.44. The molecule has 90 valence electrons. The van der Waals surface area contributed by atoms with Crippen LogP contribution in [0.4, 0.5) is 0 Å². The molecule has 16 heavy (non-hydrogen) atoms. The molecule has 0 aromatic carbocycles. The Balaban J connectivity index is 2.57. The van der Waals surface area contributed by atoms with Gasteiger partial charge in [0.2, 0.25) is 5.91 Å². The summed E-state index contributed by atoms with van der Waals surface area (Å²) < 4.78 is 0. The van der Waals surface area contributed by atoms with E-state index in [-0.39, 0.29) is 17.9 Å². The third-order valence-corrected chi connectivity index (χ3v) is 3.25. The Labute approximate surface area is 101 Å². The van der Waals surface area contributed by atoms with E-state index in [0.717, 1.165) is 0 Å². The van der Waals surface area contributed by atoms with E-state index in [0.29, 0.717) is 6.54 Å². The molecule has 1 aromatic heterocycles. The van der Waals surface area contributed by atoms with Crippen LogP contribution in [0, 0.1) is 5.92 Å². The highest BCUT2D eigenvalue weighted by atomic mass is 32.1. The first kappa shape index (κ1) is 13.2. The highest BCUT2D eigenvalue weighted by Crippen LogP contribution is 2.19. The van der Waals surface area contributed by atoms with Gasteiger partial charge in [-0.05, 0) is 36.5 Å². The Morgan fingerprint density at radius 1 is 1.50 bits per heavy atom. The third kappa shape index (κ3) is 3.61. The minimum Gasteiger partial charge on any atom is -0.354 e. The lowest BCUT2D eigenvalue weighted by atomic mass is 10.1. The number of hydrogen-bond donors (Lipinski definition) is 1. The fraction of sp³-hybridized carbons (Fsp3) is 0.583. The fourth-order valence-electron chi connectivity index (χ4n) is 1.46. The van der Waals surface area contributed by atoms with E-state index in [9.17, 15) is 4.79 Å². The first-order valence-electron chi connectivity index (χ1n) is 5.48. The standard InChI is InChI=1S/C12H20N2OS/c1-9(2)12(15)13-7-11(14(3)4)10-5-6-16-8-10/h5-6,8-9,11H,7H2,1-4H3,(H,13,15)/t11-/m0/s1. The van der Waals surface area contributed by atoms with Gasteiger partial charge in [-0.25, -0.2) is 0 Å². The van der Waals surface area contributed by atoms with E-state index in [4.69, 9.17) is 0 Å². The number of carbonyl (C=O) groups excluding carboxylic acids is 1. The van der Waals surface area contributed by atoms with E-state index in [2.05, 4.69) is 27.0 Å². The number of hydrogen-bond acceptors (Lipinski definition) is 3. The summed E-state index contributed by atoms with van der Waals surface area (Å²) in [5.74, 6) is 0.160. The zero-order chi connectivity index (χ0) is 12.1. The van der Waals surface area contributed by atoms with Crippen molar-refractivity contribution < 1.29 is 4.79 Å². The Kier molecular flexibility index (Phi) is 4.96. The third-order valence-electron chi connectivity index (χ3n) is 2.55. The molecule has 1 rings (SSSR count). The molecule has 0 spiro atoms. The summed E-state index contributed by atoms with van der Waals surface area (Å²) in [6.07, 6.45) is 0. The average molecular weight is 240 g/mol. The van der Waals surface area contributed by atoms with Crippen LogP contribution in [0.1, 0.15) is 25.5 Å². The number of amides is 1. The van der Waals surface area contributed by atoms with Gasteiger partial charge in [-0.1, -0.05) is 13.8 Å². The van der Waals surface area contributed by atoms with Gasteiger partial charge in [0.15, 0.2) is 0 Å². The molecule has 0 fully saturated rings. The average Bonchev–Trinajstić information content (AvgIpc) is 2.70. The lowest BCUT2D eigenvalue weighted by Gasteiger charge is -2.24. The number of rotatable bonds is 5. The van der Waals surface area contributed by atoms with Gasteiger partial charge < -0.3 is 10.2 Å². The van der Waals surface area contributed by atoms with Crippen LogP contribution in [0.15, 0.2) is 16.8 Å². The predicted molar refractivity (Wildman–Crippen MR) is 68.6 cm³/mol. The highest BCUT2D eigenvalue weighted by Gasteiger charge is 2.16. The summed E-state index contributed by atoms with van der Waals surface area (Å²) in [5.41, 5.74) is 1.26. The first-order chi connectivity index (χ1) is 7.52. The highest BCUT2D eigenvalue weighted by molar-refractivity contribution is 7.07. The summed E-state index contributed by atoms with van der Waals surface area (Å²) in [5, 5.41) is 7.17. The Hall–Kier alpha value is -0.870. The van der Waals surface area contributed by atoms with Gasteiger partial charge in [0.25, 0.3) is 0 Å². The van der Waals surface area contributed by atoms with E-state index in [1.807, 2.05) is 27.9 Å². The molecule has 0 aliphatic heterocycles. The van der Waals surface area contributed by atoms with Gasteiger partial charge in [-0.3, -0.25) is 4.79 Å². The van der Waals surface area contributed by atoms with Crippen molar-refractivity contribution in [2.75, 3.05) is 20.6 Å². The maximum atomic E-state index is 11.5. The van der Waals surface area contributed by atoms with Crippen molar-refractivity contribution in [3.8, 4) is 0 Å². The lowest BCUT2D eigenvalue weighted by molar-refractivity contribution is -0.124. The van der Waals surface area contributed by atoms with E-state index >= 15 is 0 Å². The molecule has 0 unspecified atom stereocenters. The van der Waals surface area contributed by atoms with Crippen molar-refractivity contribution in [3.63, 3.8) is 0 Å². The molecule has 1 amide bonds. The molecule has 0 bridgehead atoms. The van der Waals surface area contributed by atoms with Crippen LogP contribution in [0.5, 0.6) is 0 Å². The fourth-order valence-corrected chi connectivity index (χ4v) is 2.17. The van der Waals surface area contributed by atoms with Crippen LogP contribution in [0.25, 0.3) is 0 Å².